The van der Waals surface area contributed by atoms with Crippen LogP contribution in [-0.2, 0) is 16.4 Å². The summed E-state index contributed by atoms with van der Waals surface area (Å²) in [5.74, 6) is 1.05. The molecule has 2 aromatic carbocycles. The van der Waals surface area contributed by atoms with E-state index in [1.54, 1.807) is 12.1 Å². The van der Waals surface area contributed by atoms with Gasteiger partial charge in [0.05, 0.1) is 34.4 Å². The van der Waals surface area contributed by atoms with Crippen LogP contribution in [0.25, 0.3) is 11.0 Å². The molecule has 2 fully saturated rings. The van der Waals surface area contributed by atoms with E-state index in [0.717, 1.165) is 49.1 Å². The fraction of sp³-hybridized carbons (Fsp3) is 0.435. The Morgan fingerprint density at radius 3 is 2.47 bits per heavy atom. The molecule has 0 bridgehead atoms. The van der Waals surface area contributed by atoms with Crippen LogP contribution < -0.4 is 0 Å². The molecule has 6 nitrogen and oxygen atoms in total. The summed E-state index contributed by atoms with van der Waals surface area (Å²) in [5, 5.41) is 10.9. The molecule has 0 amide bonds. The molecular weight excluding hydrogens is 398 g/mol. The number of nitrogens with zero attached hydrogens (tertiary/aromatic N) is 3. The molecule has 0 radical (unpaired) electrons. The molecule has 0 spiro atoms. The number of aliphatic hydroxyl groups excluding tert-OH is 1. The Morgan fingerprint density at radius 2 is 1.73 bits per heavy atom. The number of aliphatic hydroxyl groups is 1. The molecule has 158 valence electrons. The minimum Gasteiger partial charge on any atom is -0.391 e. The van der Waals surface area contributed by atoms with E-state index in [0.29, 0.717) is 16.7 Å². The summed E-state index contributed by atoms with van der Waals surface area (Å²) in [4.78, 5) is 7.30. The minimum atomic E-state index is -3.16. The molecule has 1 saturated heterocycles. The fourth-order valence-corrected chi connectivity index (χ4v) is 5.91. The lowest BCUT2D eigenvalue weighted by molar-refractivity contribution is 0.0374. The zero-order chi connectivity index (χ0) is 20.9. The Morgan fingerprint density at radius 1 is 1.03 bits per heavy atom. The third-order valence-corrected chi connectivity index (χ3v) is 7.91. The Bertz CT molecular complexity index is 1160. The van der Waals surface area contributed by atoms with Gasteiger partial charge in [0.2, 0.25) is 0 Å². The first-order valence-corrected chi connectivity index (χ1v) is 12.4. The lowest BCUT2D eigenvalue weighted by atomic mass is 9.77. The van der Waals surface area contributed by atoms with Gasteiger partial charge < -0.3 is 9.67 Å². The van der Waals surface area contributed by atoms with Crippen LogP contribution in [0, 0.1) is 11.8 Å². The van der Waals surface area contributed by atoms with Crippen LogP contribution in [0.5, 0.6) is 0 Å². The van der Waals surface area contributed by atoms with Crippen LogP contribution in [0.4, 0.5) is 0 Å². The third kappa shape index (κ3) is 3.66. The summed E-state index contributed by atoms with van der Waals surface area (Å²) in [7, 11) is -3.16. The zero-order valence-electron chi connectivity index (χ0n) is 17.1. The number of hydrogen-bond acceptors (Lipinski definition) is 5. The number of aromatic nitrogens is 2. The van der Waals surface area contributed by atoms with E-state index in [1.165, 1.54) is 6.26 Å². The maximum atomic E-state index is 11.7. The summed E-state index contributed by atoms with van der Waals surface area (Å²) in [6.07, 6.45) is 4.51. The van der Waals surface area contributed by atoms with Crippen molar-refractivity contribution in [1.29, 1.82) is 0 Å². The van der Waals surface area contributed by atoms with E-state index < -0.39 is 9.84 Å². The SMILES string of the molecule is CS(=O)(=O)c1ccc(CN2C[C@H]3C[C@@H](n4cnc5ccccc54)[C@H](O)C[C@H]3C2)cc1. The van der Waals surface area contributed by atoms with Gasteiger partial charge in [-0.3, -0.25) is 4.90 Å². The van der Waals surface area contributed by atoms with Crippen LogP contribution >= 0.6 is 0 Å². The first-order chi connectivity index (χ1) is 14.4. The Balaban J connectivity index is 1.29. The van der Waals surface area contributed by atoms with Crippen molar-refractivity contribution in [2.45, 2.75) is 36.4 Å². The van der Waals surface area contributed by atoms with Crippen molar-refractivity contribution in [1.82, 2.24) is 14.5 Å². The van der Waals surface area contributed by atoms with Crippen LogP contribution in [-0.4, -0.2) is 53.4 Å². The largest absolute Gasteiger partial charge is 0.391 e. The van der Waals surface area contributed by atoms with E-state index in [-0.39, 0.29) is 12.1 Å². The summed E-state index contributed by atoms with van der Waals surface area (Å²) >= 11 is 0. The highest BCUT2D eigenvalue weighted by molar-refractivity contribution is 7.90. The van der Waals surface area contributed by atoms with E-state index in [9.17, 15) is 13.5 Å². The second kappa shape index (κ2) is 7.48. The van der Waals surface area contributed by atoms with Gasteiger partial charge in [0.25, 0.3) is 0 Å². The third-order valence-electron chi connectivity index (χ3n) is 6.78. The highest BCUT2D eigenvalue weighted by Crippen LogP contribution is 2.42. The van der Waals surface area contributed by atoms with Gasteiger partial charge in [-0.15, -0.1) is 0 Å². The van der Waals surface area contributed by atoms with E-state index in [1.807, 2.05) is 36.7 Å². The van der Waals surface area contributed by atoms with E-state index in [2.05, 4.69) is 20.5 Å². The molecule has 1 aliphatic heterocycles. The number of benzene rings is 2. The molecule has 5 rings (SSSR count). The van der Waals surface area contributed by atoms with Crippen LogP contribution in [0.2, 0.25) is 0 Å². The molecule has 7 heteroatoms. The van der Waals surface area contributed by atoms with Crippen molar-refractivity contribution >= 4 is 20.9 Å². The quantitative estimate of drug-likeness (QED) is 0.696. The van der Waals surface area contributed by atoms with Crippen molar-refractivity contribution in [2.75, 3.05) is 19.3 Å². The molecule has 1 aliphatic carbocycles. The van der Waals surface area contributed by atoms with Crippen molar-refractivity contribution < 1.29 is 13.5 Å². The van der Waals surface area contributed by atoms with Gasteiger partial charge >= 0.3 is 0 Å². The molecule has 2 heterocycles. The van der Waals surface area contributed by atoms with Gasteiger partial charge in [-0.2, -0.15) is 0 Å². The summed E-state index contributed by atoms with van der Waals surface area (Å²) in [6, 6.07) is 15.4. The summed E-state index contributed by atoms with van der Waals surface area (Å²) in [6.45, 7) is 2.80. The Labute approximate surface area is 177 Å². The fourth-order valence-electron chi connectivity index (χ4n) is 5.28. The number of imidazole rings is 1. The Hall–Kier alpha value is -2.22. The molecule has 1 aromatic heterocycles. The second-order valence-electron chi connectivity index (χ2n) is 8.88. The monoisotopic (exact) mass is 425 g/mol. The normalized spacial score (nSPS) is 27.4. The topological polar surface area (TPSA) is 75.4 Å². The van der Waals surface area contributed by atoms with Crippen LogP contribution in [0.3, 0.4) is 0 Å². The zero-order valence-corrected chi connectivity index (χ0v) is 17.9. The van der Waals surface area contributed by atoms with Gasteiger partial charge in [0, 0.05) is 25.9 Å². The number of sulfone groups is 1. The minimum absolute atomic E-state index is 0.0626. The van der Waals surface area contributed by atoms with Crippen molar-refractivity contribution in [3.8, 4) is 0 Å². The molecule has 0 unspecified atom stereocenters. The van der Waals surface area contributed by atoms with E-state index >= 15 is 0 Å². The van der Waals surface area contributed by atoms with Gasteiger partial charge in [0.15, 0.2) is 9.84 Å². The lowest BCUT2D eigenvalue weighted by Crippen LogP contribution is -2.36. The predicted octanol–water partition coefficient (Wildman–Crippen LogP) is 2.88. The average Bonchev–Trinajstić information content (AvgIpc) is 3.30. The predicted molar refractivity (Wildman–Crippen MR) is 116 cm³/mol. The number of hydrogen-bond donors (Lipinski definition) is 1. The molecule has 30 heavy (non-hydrogen) atoms. The summed E-state index contributed by atoms with van der Waals surface area (Å²) in [5.41, 5.74) is 3.18. The number of rotatable bonds is 4. The molecule has 2 aliphatic rings. The van der Waals surface area contributed by atoms with Crippen LogP contribution in [0.15, 0.2) is 59.8 Å². The van der Waals surface area contributed by atoms with Crippen molar-refractivity contribution in [2.24, 2.45) is 11.8 Å². The smallest absolute Gasteiger partial charge is 0.175 e. The second-order valence-corrected chi connectivity index (χ2v) is 10.9. The average molecular weight is 426 g/mol. The van der Waals surface area contributed by atoms with E-state index in [4.69, 9.17) is 0 Å². The molecule has 1 N–H and O–H groups in total. The standard InChI is InChI=1S/C23H27N3O3S/c1-30(28,29)19-8-6-16(7-9-19)12-25-13-17-10-22(23(27)11-18(17)14-25)26-15-24-20-4-2-3-5-21(20)26/h2-9,15,17-18,22-23,27H,10-14H2,1H3/t17-,18+,22-,23-/m1/s1. The summed E-state index contributed by atoms with van der Waals surface area (Å²) < 4.78 is 25.5. The highest BCUT2D eigenvalue weighted by atomic mass is 32.2. The first-order valence-electron chi connectivity index (χ1n) is 10.5. The van der Waals surface area contributed by atoms with Gasteiger partial charge in [-0.05, 0) is 54.5 Å². The maximum absolute atomic E-state index is 11.7. The molecule has 4 atom stereocenters. The molecular formula is C23H27N3O3S. The van der Waals surface area contributed by atoms with Crippen LogP contribution in [0.1, 0.15) is 24.4 Å². The van der Waals surface area contributed by atoms with Gasteiger partial charge in [-0.25, -0.2) is 13.4 Å². The lowest BCUT2D eigenvalue weighted by Gasteiger charge is -2.36. The van der Waals surface area contributed by atoms with Crippen molar-refractivity contribution in [3.05, 3.63) is 60.4 Å². The van der Waals surface area contributed by atoms with Crippen molar-refractivity contribution in [3.63, 3.8) is 0 Å². The number of fused-ring (bicyclic) bond motifs is 2. The number of likely N-dealkylation sites (tertiary alicyclic amines) is 1. The number of para-hydroxylation sites is 2. The first kappa shape index (κ1) is 19.7. The highest BCUT2D eigenvalue weighted by Gasteiger charge is 2.42. The Kier molecular flexibility index (Phi) is 4.92. The van der Waals surface area contributed by atoms with Gasteiger partial charge in [-0.1, -0.05) is 24.3 Å². The molecule has 3 aromatic rings. The molecule has 1 saturated carbocycles. The maximum Gasteiger partial charge on any atom is 0.175 e. The van der Waals surface area contributed by atoms with Gasteiger partial charge in [0.1, 0.15) is 0 Å².